The van der Waals surface area contributed by atoms with E-state index in [1.165, 1.54) is 13.2 Å². The molecule has 8 nitrogen and oxygen atoms in total. The van der Waals surface area contributed by atoms with Crippen LogP contribution in [0.1, 0.15) is 27.2 Å². The number of esters is 1. The highest BCUT2D eigenvalue weighted by molar-refractivity contribution is 9.10. The number of phenols is 1. The van der Waals surface area contributed by atoms with Gasteiger partial charge in [0.15, 0.2) is 0 Å². The second-order valence-electron chi connectivity index (χ2n) is 7.58. The average Bonchev–Trinajstić information content (AvgIpc) is 2.77. The minimum Gasteiger partial charge on any atom is -0.505 e. The lowest BCUT2D eigenvalue weighted by molar-refractivity contribution is -0.141. The maximum Gasteiger partial charge on any atom is 0.433 e. The third-order valence-corrected chi connectivity index (χ3v) is 7.21. The number of ether oxygens (including phenoxy) is 2. The molecule has 0 unspecified atom stereocenters. The van der Waals surface area contributed by atoms with Crippen LogP contribution in [0.15, 0.2) is 45.9 Å². The molecule has 4 rings (SSSR count). The zero-order valence-corrected chi connectivity index (χ0v) is 20.4. The first-order valence-corrected chi connectivity index (χ1v) is 12.1. The molecule has 2 heterocycles. The van der Waals surface area contributed by atoms with Crippen LogP contribution in [-0.2, 0) is 27.5 Å². The summed E-state index contributed by atoms with van der Waals surface area (Å²) in [6.45, 7) is 1.05. The molecule has 0 amide bonds. The fourth-order valence-electron chi connectivity index (χ4n) is 3.63. The fourth-order valence-corrected chi connectivity index (χ4v) is 5.42. The molecule has 1 aliphatic rings. The quantitative estimate of drug-likeness (QED) is 0.393. The predicted molar refractivity (Wildman–Crippen MR) is 122 cm³/mol. The van der Waals surface area contributed by atoms with Gasteiger partial charge in [-0.05, 0) is 64.3 Å². The van der Waals surface area contributed by atoms with Crippen molar-refractivity contribution in [2.45, 2.75) is 24.6 Å². The van der Waals surface area contributed by atoms with E-state index in [0.717, 1.165) is 24.4 Å². The second-order valence-corrected chi connectivity index (χ2v) is 10.1. The number of aryl methyl sites for hydroxylation is 1. The Morgan fingerprint density at radius 3 is 2.54 bits per heavy atom. The van der Waals surface area contributed by atoms with Gasteiger partial charge in [-0.25, -0.2) is 13.2 Å². The van der Waals surface area contributed by atoms with Gasteiger partial charge in [0.05, 0.1) is 22.8 Å². The lowest BCUT2D eigenvalue weighted by atomic mass is 9.98. The molecule has 1 aliphatic heterocycles. The normalized spacial score (nSPS) is 15.0. The molecule has 0 saturated carbocycles. The van der Waals surface area contributed by atoms with Crippen LogP contribution < -0.4 is 9.46 Å². The number of phenolic OH excluding ortho intramolecular Hbond substituents is 1. The molecule has 2 aromatic carbocycles. The summed E-state index contributed by atoms with van der Waals surface area (Å²) in [6, 6.07) is 5.73. The van der Waals surface area contributed by atoms with E-state index in [1.54, 1.807) is 13.0 Å². The summed E-state index contributed by atoms with van der Waals surface area (Å²) in [4.78, 5) is 15.6. The highest BCUT2D eigenvalue weighted by atomic mass is 79.9. The maximum atomic E-state index is 13.3. The Hall–Kier alpha value is -3.32. The number of benzene rings is 2. The van der Waals surface area contributed by atoms with Crippen LogP contribution in [0.3, 0.4) is 0 Å². The van der Waals surface area contributed by atoms with Crippen LogP contribution in [-0.4, -0.2) is 31.6 Å². The molecule has 4 bridgehead atoms. The standard InChI is InChI=1S/C22H16BrF3N2O6S/c1-10-3-11-5-16(20(10)33-2)28-35(31,32)17-6-12(4-15(23)19(17)29)21(30)34-9-13-7-18(22(24,25)26)27-8-14(11)13/h3-8,28-29H,9H2,1-2H3. The Morgan fingerprint density at radius 2 is 1.89 bits per heavy atom. The summed E-state index contributed by atoms with van der Waals surface area (Å²) < 4.78 is 79.2. The number of carbonyl (C=O) groups is 1. The molecule has 1 aromatic heterocycles. The summed E-state index contributed by atoms with van der Waals surface area (Å²) in [6.07, 6.45) is -3.76. The number of pyridine rings is 1. The Morgan fingerprint density at radius 1 is 1.17 bits per heavy atom. The van der Waals surface area contributed by atoms with Gasteiger partial charge in [0.1, 0.15) is 28.7 Å². The Balaban J connectivity index is 2.03. The molecule has 0 atom stereocenters. The molecule has 0 spiro atoms. The van der Waals surface area contributed by atoms with Gasteiger partial charge >= 0.3 is 12.1 Å². The average molecular weight is 573 g/mol. The number of rotatable bonds is 1. The molecule has 0 fully saturated rings. The van der Waals surface area contributed by atoms with E-state index in [2.05, 4.69) is 25.6 Å². The number of hydrogen-bond acceptors (Lipinski definition) is 7. The number of alkyl halides is 3. The second kappa shape index (κ2) is 8.72. The van der Waals surface area contributed by atoms with Gasteiger partial charge in [0, 0.05) is 17.3 Å². The van der Waals surface area contributed by atoms with Crippen molar-refractivity contribution in [1.82, 2.24) is 4.98 Å². The smallest absolute Gasteiger partial charge is 0.433 e. The third-order valence-electron chi connectivity index (χ3n) is 5.23. The van der Waals surface area contributed by atoms with E-state index < -0.39 is 45.1 Å². The van der Waals surface area contributed by atoms with Crippen molar-refractivity contribution in [3.8, 4) is 22.6 Å². The number of cyclic esters (lactones) is 1. The summed E-state index contributed by atoms with van der Waals surface area (Å²) in [7, 11) is -3.15. The number of nitrogens with zero attached hydrogens (tertiary/aromatic N) is 1. The van der Waals surface area contributed by atoms with E-state index in [9.17, 15) is 31.5 Å². The Kier molecular flexibility index (Phi) is 6.18. The van der Waals surface area contributed by atoms with Crippen LogP contribution in [0.4, 0.5) is 18.9 Å². The zero-order chi connectivity index (χ0) is 25.7. The van der Waals surface area contributed by atoms with Crippen LogP contribution in [0.25, 0.3) is 11.1 Å². The molecular formula is C22H16BrF3N2O6S. The van der Waals surface area contributed by atoms with Crippen LogP contribution in [0.5, 0.6) is 11.5 Å². The molecule has 184 valence electrons. The van der Waals surface area contributed by atoms with E-state index in [4.69, 9.17) is 9.47 Å². The van der Waals surface area contributed by atoms with Crippen LogP contribution in [0, 0.1) is 6.92 Å². The molecule has 2 N–H and O–H groups in total. The number of halogens is 4. The molecule has 0 aliphatic carbocycles. The number of aromatic nitrogens is 1. The van der Waals surface area contributed by atoms with Crippen molar-refractivity contribution in [3.63, 3.8) is 0 Å². The summed E-state index contributed by atoms with van der Waals surface area (Å²) in [5.74, 6) is -1.52. The molecule has 35 heavy (non-hydrogen) atoms. The maximum absolute atomic E-state index is 13.3. The number of nitrogens with one attached hydrogen (secondary N) is 1. The molecule has 13 heteroatoms. The van der Waals surface area contributed by atoms with Gasteiger partial charge in [0.2, 0.25) is 0 Å². The highest BCUT2D eigenvalue weighted by Gasteiger charge is 2.34. The van der Waals surface area contributed by atoms with Crippen LogP contribution in [0.2, 0.25) is 0 Å². The SMILES string of the molecule is COc1c(C)cc2cc1NS(=O)(=O)c1cc(cc(Br)c1O)C(=O)OCc1cc(C(F)(F)F)ncc1-2. The van der Waals surface area contributed by atoms with Gasteiger partial charge < -0.3 is 14.6 Å². The summed E-state index contributed by atoms with van der Waals surface area (Å²) in [5, 5.41) is 10.4. The summed E-state index contributed by atoms with van der Waals surface area (Å²) >= 11 is 3.01. The fraction of sp³-hybridized carbons (Fsp3) is 0.182. The zero-order valence-electron chi connectivity index (χ0n) is 18.0. The van der Waals surface area contributed by atoms with E-state index >= 15 is 0 Å². The minimum atomic E-state index is -4.74. The van der Waals surface area contributed by atoms with Crippen molar-refractivity contribution < 1.29 is 41.0 Å². The molecule has 0 radical (unpaired) electrons. The monoisotopic (exact) mass is 572 g/mol. The van der Waals surface area contributed by atoms with Gasteiger partial charge in [-0.15, -0.1) is 0 Å². The van der Waals surface area contributed by atoms with Gasteiger partial charge in [-0.2, -0.15) is 13.2 Å². The first-order valence-electron chi connectivity index (χ1n) is 9.79. The van der Waals surface area contributed by atoms with Crippen molar-refractivity contribution in [2.24, 2.45) is 0 Å². The third kappa shape index (κ3) is 4.65. The van der Waals surface area contributed by atoms with Gasteiger partial charge in [0.25, 0.3) is 10.0 Å². The number of aromatic hydroxyl groups is 1. The minimum absolute atomic E-state index is 0.00337. The number of methoxy groups -OCH3 is 1. The van der Waals surface area contributed by atoms with Crippen molar-refractivity contribution in [3.05, 3.63) is 63.4 Å². The predicted octanol–water partition coefficient (Wildman–Crippen LogP) is 5.02. The van der Waals surface area contributed by atoms with E-state index in [1.807, 2.05) is 0 Å². The topological polar surface area (TPSA) is 115 Å². The Labute approximate surface area is 205 Å². The van der Waals surface area contributed by atoms with Crippen LogP contribution >= 0.6 is 15.9 Å². The van der Waals surface area contributed by atoms with Gasteiger partial charge in [-0.3, -0.25) is 9.71 Å². The lowest BCUT2D eigenvalue weighted by Gasteiger charge is -2.18. The Bertz CT molecular complexity index is 1470. The number of fused-ring (bicyclic) bond motifs is 6. The number of carbonyl (C=O) groups excluding carboxylic acids is 1. The molecular weight excluding hydrogens is 557 g/mol. The van der Waals surface area contributed by atoms with E-state index in [0.29, 0.717) is 11.1 Å². The van der Waals surface area contributed by atoms with Crippen molar-refractivity contribution in [2.75, 3.05) is 11.8 Å². The van der Waals surface area contributed by atoms with Gasteiger partial charge in [-0.1, -0.05) is 0 Å². The largest absolute Gasteiger partial charge is 0.505 e. The number of anilines is 1. The lowest BCUT2D eigenvalue weighted by Crippen LogP contribution is -2.15. The first kappa shape index (κ1) is 24.8. The van der Waals surface area contributed by atoms with Crippen molar-refractivity contribution >= 4 is 37.6 Å². The van der Waals surface area contributed by atoms with E-state index in [-0.39, 0.29) is 32.6 Å². The molecule has 3 aromatic rings. The van der Waals surface area contributed by atoms with Crippen molar-refractivity contribution in [1.29, 1.82) is 0 Å². The number of hydrogen-bond donors (Lipinski definition) is 2. The number of sulfonamides is 1. The highest BCUT2D eigenvalue weighted by Crippen LogP contribution is 2.40. The first-order chi connectivity index (χ1) is 16.3. The molecule has 0 saturated heterocycles. The summed E-state index contributed by atoms with van der Waals surface area (Å²) in [5.41, 5.74) is -0.540.